The zero-order valence-electron chi connectivity index (χ0n) is 21.8. The fourth-order valence-corrected chi connectivity index (χ4v) is 5.65. The van der Waals surface area contributed by atoms with Gasteiger partial charge in [-0.25, -0.2) is 4.39 Å². The molecule has 5 aromatic heterocycles. The van der Waals surface area contributed by atoms with Crippen molar-refractivity contribution in [3.8, 4) is 33.9 Å². The molecule has 9 heteroatoms. The third kappa shape index (κ3) is 4.39. The van der Waals surface area contributed by atoms with Crippen molar-refractivity contribution in [2.24, 2.45) is 5.92 Å². The summed E-state index contributed by atoms with van der Waals surface area (Å²) in [6, 6.07) is 12.7. The molecular formula is C31H26FN7O. The van der Waals surface area contributed by atoms with Crippen LogP contribution in [0.5, 0.6) is 0 Å². The standard InChI is InChI=1S/C31H26FN7O/c1-17-8-19(10-21(32)9-17)29-23-13-27(37-25(23)6-7-34-29)30-24-12-26(35-16-28(24)38-39-30)20-11-22(15-33-14-20)36-31(40)18-4-2-3-5-18/h6-16,18,37H,2-5H2,1H3,(H,36,40)(H,38,39). The van der Waals surface area contributed by atoms with Gasteiger partial charge in [0.15, 0.2) is 0 Å². The second-order valence-electron chi connectivity index (χ2n) is 10.4. The number of fused-ring (bicyclic) bond motifs is 2. The van der Waals surface area contributed by atoms with Gasteiger partial charge >= 0.3 is 0 Å². The summed E-state index contributed by atoms with van der Waals surface area (Å²) >= 11 is 0. The van der Waals surface area contributed by atoms with Gasteiger partial charge in [0.25, 0.3) is 0 Å². The molecule has 1 aromatic carbocycles. The first-order chi connectivity index (χ1) is 19.5. The second-order valence-corrected chi connectivity index (χ2v) is 10.4. The van der Waals surface area contributed by atoms with Gasteiger partial charge in [-0.1, -0.05) is 12.8 Å². The molecule has 1 saturated carbocycles. The summed E-state index contributed by atoms with van der Waals surface area (Å²) in [6.45, 7) is 1.87. The number of carbonyl (C=O) groups excluding carboxylic acids is 1. The molecule has 0 radical (unpaired) electrons. The van der Waals surface area contributed by atoms with Crippen LogP contribution in [-0.4, -0.2) is 36.0 Å². The van der Waals surface area contributed by atoms with Gasteiger partial charge in [0, 0.05) is 45.7 Å². The van der Waals surface area contributed by atoms with Crippen LogP contribution in [0.15, 0.2) is 67.3 Å². The highest BCUT2D eigenvalue weighted by Crippen LogP contribution is 2.34. The Bertz CT molecular complexity index is 1880. The third-order valence-corrected chi connectivity index (χ3v) is 7.59. The normalized spacial score (nSPS) is 13.8. The largest absolute Gasteiger partial charge is 0.353 e. The van der Waals surface area contributed by atoms with E-state index >= 15 is 0 Å². The molecule has 0 saturated heterocycles. The Labute approximate surface area is 229 Å². The van der Waals surface area contributed by atoms with Crippen molar-refractivity contribution in [1.82, 2.24) is 30.1 Å². The number of amides is 1. The molecule has 0 atom stereocenters. The molecule has 1 fully saturated rings. The maximum absolute atomic E-state index is 14.2. The van der Waals surface area contributed by atoms with E-state index in [0.29, 0.717) is 17.1 Å². The minimum atomic E-state index is -0.292. The van der Waals surface area contributed by atoms with Gasteiger partial charge in [0.2, 0.25) is 5.91 Å². The van der Waals surface area contributed by atoms with Gasteiger partial charge in [-0.05, 0) is 67.8 Å². The molecule has 8 nitrogen and oxygen atoms in total. The highest BCUT2D eigenvalue weighted by atomic mass is 19.1. The van der Waals surface area contributed by atoms with Crippen LogP contribution in [0.2, 0.25) is 0 Å². The number of carbonyl (C=O) groups is 1. The lowest BCUT2D eigenvalue weighted by Crippen LogP contribution is -2.20. The Morgan fingerprint density at radius 1 is 0.925 bits per heavy atom. The summed E-state index contributed by atoms with van der Waals surface area (Å²) in [5, 5.41) is 12.4. The van der Waals surface area contributed by atoms with Gasteiger partial charge in [-0.3, -0.25) is 24.8 Å². The van der Waals surface area contributed by atoms with Gasteiger partial charge in [0.05, 0.1) is 40.7 Å². The lowest BCUT2D eigenvalue weighted by molar-refractivity contribution is -0.119. The van der Waals surface area contributed by atoms with E-state index < -0.39 is 0 Å². The van der Waals surface area contributed by atoms with E-state index in [4.69, 9.17) is 0 Å². The van der Waals surface area contributed by atoms with Crippen LogP contribution >= 0.6 is 0 Å². The third-order valence-electron chi connectivity index (χ3n) is 7.59. The van der Waals surface area contributed by atoms with Crippen LogP contribution in [-0.2, 0) is 4.79 Å². The number of anilines is 1. The van der Waals surface area contributed by atoms with E-state index in [1.165, 1.54) is 12.1 Å². The number of aromatic nitrogens is 6. The predicted molar refractivity (Wildman–Crippen MR) is 153 cm³/mol. The van der Waals surface area contributed by atoms with E-state index in [9.17, 15) is 9.18 Å². The number of hydrogen-bond donors (Lipinski definition) is 3. The average molecular weight is 532 g/mol. The van der Waals surface area contributed by atoms with Crippen molar-refractivity contribution in [3.63, 3.8) is 0 Å². The Balaban J connectivity index is 1.25. The molecule has 7 rings (SSSR count). The maximum atomic E-state index is 14.2. The van der Waals surface area contributed by atoms with Crippen LogP contribution in [0.1, 0.15) is 31.2 Å². The number of aromatic amines is 2. The second kappa shape index (κ2) is 9.68. The van der Waals surface area contributed by atoms with Crippen LogP contribution in [0.4, 0.5) is 10.1 Å². The molecule has 198 valence electrons. The number of hydrogen-bond acceptors (Lipinski definition) is 5. The van der Waals surface area contributed by atoms with Gasteiger partial charge in [-0.2, -0.15) is 5.10 Å². The molecule has 0 aliphatic heterocycles. The Morgan fingerprint density at radius 2 is 1.77 bits per heavy atom. The number of aryl methyl sites for hydroxylation is 1. The first kappa shape index (κ1) is 24.1. The van der Waals surface area contributed by atoms with Crippen molar-refractivity contribution in [3.05, 3.63) is 78.6 Å². The van der Waals surface area contributed by atoms with E-state index in [1.807, 2.05) is 37.3 Å². The quantitative estimate of drug-likeness (QED) is 0.226. The highest BCUT2D eigenvalue weighted by molar-refractivity contribution is 6.00. The molecule has 0 spiro atoms. The number of pyridine rings is 3. The van der Waals surface area contributed by atoms with Crippen molar-refractivity contribution < 1.29 is 9.18 Å². The Morgan fingerprint density at radius 3 is 2.62 bits per heavy atom. The summed E-state index contributed by atoms with van der Waals surface area (Å²) in [6.07, 6.45) is 10.9. The minimum Gasteiger partial charge on any atom is -0.353 e. The molecule has 1 aliphatic carbocycles. The fraction of sp³-hybridized carbons (Fsp3) is 0.194. The monoisotopic (exact) mass is 531 g/mol. The zero-order chi connectivity index (χ0) is 27.2. The SMILES string of the molecule is Cc1cc(F)cc(-c2nccc3[nH]c(-c4n[nH]c5cnc(-c6cncc(NC(=O)C7CCCC7)c6)cc45)cc23)c1. The van der Waals surface area contributed by atoms with E-state index in [1.54, 1.807) is 24.8 Å². The summed E-state index contributed by atoms with van der Waals surface area (Å²) in [5.74, 6) is -0.166. The molecular weight excluding hydrogens is 505 g/mol. The maximum Gasteiger partial charge on any atom is 0.227 e. The number of nitrogens with one attached hydrogen (secondary N) is 3. The molecule has 0 bridgehead atoms. The van der Waals surface area contributed by atoms with Crippen LogP contribution < -0.4 is 5.32 Å². The van der Waals surface area contributed by atoms with Gasteiger partial charge < -0.3 is 10.3 Å². The summed E-state index contributed by atoms with van der Waals surface area (Å²) < 4.78 is 14.2. The van der Waals surface area contributed by atoms with Crippen molar-refractivity contribution in [2.75, 3.05) is 5.32 Å². The number of benzene rings is 1. The van der Waals surface area contributed by atoms with Gasteiger partial charge in [-0.15, -0.1) is 0 Å². The number of H-pyrrole nitrogens is 2. The van der Waals surface area contributed by atoms with E-state index in [-0.39, 0.29) is 17.6 Å². The van der Waals surface area contributed by atoms with Crippen LogP contribution in [0.3, 0.4) is 0 Å². The number of nitrogens with zero attached hydrogens (tertiary/aromatic N) is 4. The summed E-state index contributed by atoms with van der Waals surface area (Å²) in [5.41, 5.74) is 7.62. The molecule has 0 unspecified atom stereocenters. The first-order valence-electron chi connectivity index (χ1n) is 13.4. The Hall–Kier alpha value is -4.92. The smallest absolute Gasteiger partial charge is 0.227 e. The predicted octanol–water partition coefficient (Wildman–Crippen LogP) is 6.81. The topological polar surface area (TPSA) is 112 Å². The average Bonchev–Trinajstić information content (AvgIpc) is 3.71. The Kier molecular flexibility index (Phi) is 5.84. The van der Waals surface area contributed by atoms with E-state index in [0.717, 1.165) is 75.6 Å². The molecule has 5 heterocycles. The number of halogens is 1. The first-order valence-corrected chi connectivity index (χ1v) is 13.4. The van der Waals surface area contributed by atoms with Gasteiger partial charge in [0.1, 0.15) is 11.5 Å². The molecule has 3 N–H and O–H groups in total. The minimum absolute atomic E-state index is 0.0538. The van der Waals surface area contributed by atoms with Crippen LogP contribution in [0.25, 0.3) is 55.7 Å². The highest BCUT2D eigenvalue weighted by Gasteiger charge is 2.23. The molecule has 1 aliphatic rings. The van der Waals surface area contributed by atoms with E-state index in [2.05, 4.69) is 35.5 Å². The molecule has 6 aromatic rings. The lowest BCUT2D eigenvalue weighted by atomic mass is 10.0. The van der Waals surface area contributed by atoms with Crippen LogP contribution in [0, 0.1) is 18.7 Å². The number of rotatable bonds is 5. The van der Waals surface area contributed by atoms with Crippen molar-refractivity contribution >= 4 is 33.4 Å². The molecule has 1 amide bonds. The summed E-state index contributed by atoms with van der Waals surface area (Å²) in [7, 11) is 0. The van der Waals surface area contributed by atoms with Crippen molar-refractivity contribution in [2.45, 2.75) is 32.6 Å². The summed E-state index contributed by atoms with van der Waals surface area (Å²) in [4.78, 5) is 29.6. The zero-order valence-corrected chi connectivity index (χ0v) is 21.8. The van der Waals surface area contributed by atoms with Crippen molar-refractivity contribution in [1.29, 1.82) is 0 Å². The molecule has 40 heavy (non-hydrogen) atoms. The fourth-order valence-electron chi connectivity index (χ4n) is 5.65. The lowest BCUT2D eigenvalue weighted by Gasteiger charge is -2.11.